The first-order chi connectivity index (χ1) is 9.49. The van der Waals surface area contributed by atoms with E-state index in [9.17, 15) is 0 Å². The number of aromatic nitrogens is 2. The van der Waals surface area contributed by atoms with Crippen molar-refractivity contribution < 1.29 is 0 Å². The van der Waals surface area contributed by atoms with Gasteiger partial charge in [-0.25, -0.2) is 4.68 Å². The summed E-state index contributed by atoms with van der Waals surface area (Å²) >= 11 is 3.68. The Morgan fingerprint density at radius 2 is 2.05 bits per heavy atom. The topological polar surface area (TPSA) is 29.9 Å². The molecule has 0 amide bonds. The van der Waals surface area contributed by atoms with Gasteiger partial charge >= 0.3 is 0 Å². The minimum atomic E-state index is 0.340. The van der Waals surface area contributed by atoms with E-state index in [0.717, 1.165) is 22.3 Å². The molecule has 1 N–H and O–H groups in total. The summed E-state index contributed by atoms with van der Waals surface area (Å²) in [4.78, 5) is 0. The molecule has 20 heavy (non-hydrogen) atoms. The molecule has 0 aliphatic carbocycles. The quantitative estimate of drug-likeness (QED) is 0.911. The molecular formula is C16H22BrN3. The Morgan fingerprint density at radius 1 is 1.35 bits per heavy atom. The van der Waals surface area contributed by atoms with Gasteiger partial charge < -0.3 is 5.32 Å². The fourth-order valence-corrected chi connectivity index (χ4v) is 3.12. The predicted molar refractivity (Wildman–Crippen MR) is 87.6 cm³/mol. The third-order valence-electron chi connectivity index (χ3n) is 3.93. The standard InChI is InChI=1S/C16H22BrN3/c1-6-14-11(3)19-20(12(14)4)16-8-7-13(9-15(16)17)10(2)18-5/h7-10,18H,6H2,1-5H3. The van der Waals surface area contributed by atoms with E-state index in [4.69, 9.17) is 0 Å². The van der Waals surface area contributed by atoms with Crippen LogP contribution >= 0.6 is 15.9 Å². The summed E-state index contributed by atoms with van der Waals surface area (Å²) in [5.41, 5.74) is 6.03. The molecule has 0 aliphatic heterocycles. The Hall–Kier alpha value is -1.13. The van der Waals surface area contributed by atoms with Gasteiger partial charge in [0.05, 0.1) is 11.4 Å². The van der Waals surface area contributed by atoms with Crippen LogP contribution in [0, 0.1) is 13.8 Å². The van der Waals surface area contributed by atoms with Crippen LogP contribution in [0.15, 0.2) is 22.7 Å². The molecule has 0 spiro atoms. The van der Waals surface area contributed by atoms with Gasteiger partial charge in [0, 0.05) is 16.2 Å². The van der Waals surface area contributed by atoms with Crippen LogP contribution in [0.25, 0.3) is 5.69 Å². The van der Waals surface area contributed by atoms with Gasteiger partial charge in [0.15, 0.2) is 0 Å². The molecule has 0 saturated carbocycles. The summed E-state index contributed by atoms with van der Waals surface area (Å²) in [6.07, 6.45) is 1.02. The molecule has 0 fully saturated rings. The van der Waals surface area contributed by atoms with Crippen molar-refractivity contribution in [2.45, 2.75) is 40.2 Å². The van der Waals surface area contributed by atoms with Crippen LogP contribution in [0.3, 0.4) is 0 Å². The molecule has 1 atom stereocenters. The normalized spacial score (nSPS) is 12.7. The Kier molecular flexibility index (Phi) is 4.66. The van der Waals surface area contributed by atoms with Gasteiger partial charge in [-0.2, -0.15) is 5.10 Å². The molecule has 2 rings (SSSR count). The van der Waals surface area contributed by atoms with Crippen LogP contribution < -0.4 is 5.32 Å². The zero-order chi connectivity index (χ0) is 14.9. The van der Waals surface area contributed by atoms with Crippen LogP contribution in [0.2, 0.25) is 0 Å². The van der Waals surface area contributed by atoms with Gasteiger partial charge in [0.1, 0.15) is 0 Å². The highest BCUT2D eigenvalue weighted by molar-refractivity contribution is 9.10. The Labute approximate surface area is 129 Å². The number of rotatable bonds is 4. The van der Waals surface area contributed by atoms with E-state index in [1.807, 2.05) is 11.7 Å². The van der Waals surface area contributed by atoms with E-state index in [-0.39, 0.29) is 0 Å². The number of benzene rings is 1. The smallest absolute Gasteiger partial charge is 0.0791 e. The second-order valence-electron chi connectivity index (χ2n) is 5.14. The monoisotopic (exact) mass is 335 g/mol. The third-order valence-corrected chi connectivity index (χ3v) is 4.56. The second kappa shape index (κ2) is 6.10. The summed E-state index contributed by atoms with van der Waals surface area (Å²) in [6, 6.07) is 6.79. The van der Waals surface area contributed by atoms with E-state index < -0.39 is 0 Å². The molecule has 2 aromatic rings. The molecule has 108 valence electrons. The summed E-state index contributed by atoms with van der Waals surface area (Å²) in [6.45, 7) is 8.54. The van der Waals surface area contributed by atoms with E-state index >= 15 is 0 Å². The Balaban J connectivity index is 2.49. The molecule has 0 saturated heterocycles. The maximum absolute atomic E-state index is 4.68. The van der Waals surface area contributed by atoms with Gasteiger partial charge in [-0.1, -0.05) is 13.0 Å². The van der Waals surface area contributed by atoms with Crippen molar-refractivity contribution in [3.05, 3.63) is 45.2 Å². The van der Waals surface area contributed by atoms with Crippen molar-refractivity contribution in [2.75, 3.05) is 7.05 Å². The first-order valence-electron chi connectivity index (χ1n) is 7.01. The highest BCUT2D eigenvalue weighted by atomic mass is 79.9. The zero-order valence-corrected chi connectivity index (χ0v) is 14.4. The van der Waals surface area contributed by atoms with Crippen molar-refractivity contribution >= 4 is 15.9 Å². The van der Waals surface area contributed by atoms with Crippen molar-refractivity contribution in [2.24, 2.45) is 0 Å². The lowest BCUT2D eigenvalue weighted by molar-refractivity contribution is 0.651. The summed E-state index contributed by atoms with van der Waals surface area (Å²) < 4.78 is 3.11. The Bertz CT molecular complexity index is 616. The summed E-state index contributed by atoms with van der Waals surface area (Å²) in [5.74, 6) is 0. The Morgan fingerprint density at radius 3 is 2.55 bits per heavy atom. The van der Waals surface area contributed by atoms with Crippen LogP contribution in [0.1, 0.15) is 42.4 Å². The minimum absolute atomic E-state index is 0.340. The zero-order valence-electron chi connectivity index (χ0n) is 12.8. The molecule has 0 radical (unpaired) electrons. The lowest BCUT2D eigenvalue weighted by Gasteiger charge is -2.14. The lowest BCUT2D eigenvalue weighted by atomic mass is 10.1. The molecular weight excluding hydrogens is 314 g/mol. The lowest BCUT2D eigenvalue weighted by Crippen LogP contribution is -2.12. The maximum atomic E-state index is 4.68. The number of hydrogen-bond donors (Lipinski definition) is 1. The highest BCUT2D eigenvalue weighted by Gasteiger charge is 2.14. The molecule has 1 unspecified atom stereocenters. The number of halogens is 1. The average Bonchev–Trinajstić information content (AvgIpc) is 2.72. The molecule has 0 aliphatic rings. The molecule has 1 aromatic carbocycles. The van der Waals surface area contributed by atoms with E-state index in [2.05, 4.69) is 72.2 Å². The van der Waals surface area contributed by atoms with Crippen molar-refractivity contribution in [1.82, 2.24) is 15.1 Å². The predicted octanol–water partition coefficient (Wildman–Crippen LogP) is 4.09. The van der Waals surface area contributed by atoms with Crippen LogP contribution in [0.4, 0.5) is 0 Å². The third kappa shape index (κ3) is 2.67. The van der Waals surface area contributed by atoms with E-state index in [1.165, 1.54) is 16.8 Å². The molecule has 0 bridgehead atoms. The largest absolute Gasteiger partial charge is 0.313 e. The van der Waals surface area contributed by atoms with Crippen LogP contribution in [-0.2, 0) is 6.42 Å². The van der Waals surface area contributed by atoms with Crippen molar-refractivity contribution in [1.29, 1.82) is 0 Å². The number of nitrogens with one attached hydrogen (secondary N) is 1. The fraction of sp³-hybridized carbons (Fsp3) is 0.438. The van der Waals surface area contributed by atoms with Crippen LogP contribution in [-0.4, -0.2) is 16.8 Å². The highest BCUT2D eigenvalue weighted by Crippen LogP contribution is 2.27. The molecule has 3 nitrogen and oxygen atoms in total. The van der Waals surface area contributed by atoms with E-state index in [1.54, 1.807) is 0 Å². The van der Waals surface area contributed by atoms with E-state index in [0.29, 0.717) is 6.04 Å². The SMILES string of the molecule is CCc1c(C)nn(-c2ccc(C(C)NC)cc2Br)c1C. The van der Waals surface area contributed by atoms with Gasteiger partial charge in [-0.05, 0) is 73.4 Å². The number of hydrogen-bond acceptors (Lipinski definition) is 2. The van der Waals surface area contributed by atoms with Crippen molar-refractivity contribution in [3.8, 4) is 5.69 Å². The molecule has 4 heteroatoms. The van der Waals surface area contributed by atoms with Gasteiger partial charge in [-0.15, -0.1) is 0 Å². The van der Waals surface area contributed by atoms with Crippen LogP contribution in [0.5, 0.6) is 0 Å². The first-order valence-corrected chi connectivity index (χ1v) is 7.81. The first kappa shape index (κ1) is 15.3. The summed E-state index contributed by atoms with van der Waals surface area (Å²) in [7, 11) is 1.97. The van der Waals surface area contributed by atoms with Gasteiger partial charge in [0.25, 0.3) is 0 Å². The number of aryl methyl sites for hydroxylation is 1. The second-order valence-corrected chi connectivity index (χ2v) is 5.99. The van der Waals surface area contributed by atoms with Crippen molar-refractivity contribution in [3.63, 3.8) is 0 Å². The fourth-order valence-electron chi connectivity index (χ4n) is 2.55. The van der Waals surface area contributed by atoms with Gasteiger partial charge in [0.2, 0.25) is 0 Å². The maximum Gasteiger partial charge on any atom is 0.0791 e. The summed E-state index contributed by atoms with van der Waals surface area (Å²) in [5, 5.41) is 7.94. The minimum Gasteiger partial charge on any atom is -0.313 e. The average molecular weight is 336 g/mol. The number of nitrogens with zero attached hydrogens (tertiary/aromatic N) is 2. The molecule has 1 heterocycles. The van der Waals surface area contributed by atoms with Gasteiger partial charge in [-0.3, -0.25) is 0 Å². The molecule has 1 aromatic heterocycles.